The smallest absolute Gasteiger partial charge is 0.142 e. The molecule has 3 rings (SSSR count). The Bertz CT molecular complexity index is 454. The van der Waals surface area contributed by atoms with Crippen LogP contribution in [0.2, 0.25) is 0 Å². The molecule has 20 heavy (non-hydrogen) atoms. The molecule has 0 amide bonds. The molecule has 1 aromatic carbocycles. The van der Waals surface area contributed by atoms with Gasteiger partial charge >= 0.3 is 0 Å². The second-order valence-electron chi connectivity index (χ2n) is 6.29. The van der Waals surface area contributed by atoms with E-state index in [1.165, 1.54) is 50.8 Å². The highest BCUT2D eigenvalue weighted by molar-refractivity contribution is 5.53. The number of nitrogen functional groups attached to an aromatic ring is 1. The first-order chi connectivity index (χ1) is 9.74. The Kier molecular flexibility index (Phi) is 4.16. The van der Waals surface area contributed by atoms with E-state index < -0.39 is 0 Å². The quantitative estimate of drug-likeness (QED) is 0.859. The minimum atomic E-state index is 0.311. The predicted octanol–water partition coefficient (Wildman–Crippen LogP) is 3.36. The molecule has 1 saturated carbocycles. The SMILES string of the molecule is Cc1ccc(N)c(OC2CCCCC2N2CCCC2)c1. The third-order valence-electron chi connectivity index (χ3n) is 4.72. The van der Waals surface area contributed by atoms with Crippen LogP contribution in [0.3, 0.4) is 0 Å². The Labute approximate surface area is 122 Å². The van der Waals surface area contributed by atoms with Crippen LogP contribution in [-0.2, 0) is 0 Å². The average Bonchev–Trinajstić information content (AvgIpc) is 2.97. The summed E-state index contributed by atoms with van der Waals surface area (Å²) in [7, 11) is 0. The van der Waals surface area contributed by atoms with Gasteiger partial charge in [-0.3, -0.25) is 4.90 Å². The maximum absolute atomic E-state index is 6.33. The molecule has 2 N–H and O–H groups in total. The van der Waals surface area contributed by atoms with Crippen LogP contribution in [0, 0.1) is 6.92 Å². The Morgan fingerprint density at radius 3 is 2.65 bits per heavy atom. The second-order valence-corrected chi connectivity index (χ2v) is 6.29. The number of benzene rings is 1. The van der Waals surface area contributed by atoms with Gasteiger partial charge in [-0.2, -0.15) is 0 Å². The van der Waals surface area contributed by atoms with Crippen molar-refractivity contribution >= 4 is 5.69 Å². The van der Waals surface area contributed by atoms with Gasteiger partial charge in [-0.15, -0.1) is 0 Å². The van der Waals surface area contributed by atoms with Gasteiger partial charge in [0.2, 0.25) is 0 Å². The normalized spacial score (nSPS) is 27.6. The van der Waals surface area contributed by atoms with Crippen LogP contribution in [0.15, 0.2) is 18.2 Å². The maximum Gasteiger partial charge on any atom is 0.142 e. The number of nitrogens with zero attached hydrogens (tertiary/aromatic N) is 1. The van der Waals surface area contributed by atoms with Gasteiger partial charge in [-0.05, 0) is 69.8 Å². The van der Waals surface area contributed by atoms with Gasteiger partial charge in [0, 0.05) is 6.04 Å². The Balaban J connectivity index is 1.74. The molecule has 2 unspecified atom stereocenters. The number of ether oxygens (including phenoxy) is 1. The lowest BCUT2D eigenvalue weighted by Gasteiger charge is -2.38. The molecule has 1 heterocycles. The van der Waals surface area contributed by atoms with E-state index in [1.54, 1.807) is 0 Å². The largest absolute Gasteiger partial charge is 0.487 e. The fourth-order valence-electron chi connectivity index (χ4n) is 3.61. The molecule has 2 atom stereocenters. The zero-order chi connectivity index (χ0) is 13.9. The standard InChI is InChI=1S/C17H26N2O/c1-13-8-9-14(18)17(12-13)20-16-7-3-2-6-15(16)19-10-4-5-11-19/h8-9,12,15-16H,2-7,10-11,18H2,1H3. The summed E-state index contributed by atoms with van der Waals surface area (Å²) in [6.07, 6.45) is 8.05. The van der Waals surface area contributed by atoms with Crippen LogP contribution in [0.1, 0.15) is 44.1 Å². The number of hydrogen-bond acceptors (Lipinski definition) is 3. The molecular weight excluding hydrogens is 248 g/mol. The molecule has 3 heteroatoms. The van der Waals surface area contributed by atoms with Crippen molar-refractivity contribution in [2.45, 2.75) is 57.6 Å². The highest BCUT2D eigenvalue weighted by Gasteiger charge is 2.33. The number of nitrogens with two attached hydrogens (primary N) is 1. The van der Waals surface area contributed by atoms with Gasteiger partial charge in [-0.1, -0.05) is 12.5 Å². The highest BCUT2D eigenvalue weighted by Crippen LogP contribution is 2.32. The molecule has 1 aromatic rings. The molecule has 0 spiro atoms. The third-order valence-corrected chi connectivity index (χ3v) is 4.72. The Morgan fingerprint density at radius 1 is 1.10 bits per heavy atom. The van der Waals surface area contributed by atoms with Gasteiger partial charge in [0.1, 0.15) is 11.9 Å². The van der Waals surface area contributed by atoms with Gasteiger partial charge in [-0.25, -0.2) is 0 Å². The van der Waals surface area contributed by atoms with Crippen LogP contribution in [0.4, 0.5) is 5.69 Å². The number of hydrogen-bond donors (Lipinski definition) is 1. The third kappa shape index (κ3) is 2.93. The van der Waals surface area contributed by atoms with Gasteiger partial charge in [0.05, 0.1) is 5.69 Å². The minimum Gasteiger partial charge on any atom is -0.487 e. The van der Waals surface area contributed by atoms with E-state index in [4.69, 9.17) is 10.5 Å². The number of likely N-dealkylation sites (tertiary alicyclic amines) is 1. The molecule has 2 fully saturated rings. The van der Waals surface area contributed by atoms with Crippen molar-refractivity contribution in [3.63, 3.8) is 0 Å². The summed E-state index contributed by atoms with van der Waals surface area (Å²) < 4.78 is 6.33. The van der Waals surface area contributed by atoms with E-state index in [9.17, 15) is 0 Å². The monoisotopic (exact) mass is 274 g/mol. The number of aryl methyl sites for hydroxylation is 1. The van der Waals surface area contributed by atoms with Crippen molar-refractivity contribution in [3.8, 4) is 5.75 Å². The zero-order valence-corrected chi connectivity index (χ0v) is 12.5. The summed E-state index contributed by atoms with van der Waals surface area (Å²) in [6.45, 7) is 4.58. The topological polar surface area (TPSA) is 38.5 Å². The average molecular weight is 274 g/mol. The first kappa shape index (κ1) is 13.7. The van der Waals surface area contributed by atoms with E-state index >= 15 is 0 Å². The molecular formula is C17H26N2O. The molecule has 2 aliphatic rings. The second kappa shape index (κ2) is 6.04. The zero-order valence-electron chi connectivity index (χ0n) is 12.5. The van der Waals surface area contributed by atoms with E-state index in [1.807, 2.05) is 12.1 Å². The number of rotatable bonds is 3. The van der Waals surface area contributed by atoms with Gasteiger partial charge < -0.3 is 10.5 Å². The lowest BCUT2D eigenvalue weighted by molar-refractivity contribution is 0.0490. The summed E-state index contributed by atoms with van der Waals surface area (Å²) in [5.74, 6) is 0.876. The Hall–Kier alpha value is -1.22. The van der Waals surface area contributed by atoms with Crippen LogP contribution >= 0.6 is 0 Å². The molecule has 0 aromatic heterocycles. The van der Waals surface area contributed by atoms with Crippen molar-refractivity contribution in [3.05, 3.63) is 23.8 Å². The van der Waals surface area contributed by atoms with E-state index in [0.29, 0.717) is 12.1 Å². The fraction of sp³-hybridized carbons (Fsp3) is 0.647. The molecule has 0 bridgehead atoms. The first-order valence-corrected chi connectivity index (χ1v) is 8.01. The van der Waals surface area contributed by atoms with E-state index in [2.05, 4.69) is 17.9 Å². The molecule has 1 aliphatic heterocycles. The van der Waals surface area contributed by atoms with Crippen LogP contribution in [0.25, 0.3) is 0 Å². The van der Waals surface area contributed by atoms with E-state index in [-0.39, 0.29) is 0 Å². The summed E-state index contributed by atoms with van der Waals surface area (Å²) >= 11 is 0. The maximum atomic E-state index is 6.33. The van der Waals surface area contributed by atoms with Crippen LogP contribution in [-0.4, -0.2) is 30.1 Å². The fourth-order valence-corrected chi connectivity index (χ4v) is 3.61. The summed E-state index contributed by atoms with van der Waals surface area (Å²) in [5, 5.41) is 0. The highest BCUT2D eigenvalue weighted by atomic mass is 16.5. The van der Waals surface area contributed by atoms with Gasteiger partial charge in [0.25, 0.3) is 0 Å². The molecule has 1 saturated heterocycles. The molecule has 1 aliphatic carbocycles. The molecule has 110 valence electrons. The lowest BCUT2D eigenvalue weighted by atomic mass is 9.91. The van der Waals surface area contributed by atoms with Crippen molar-refractivity contribution in [2.75, 3.05) is 18.8 Å². The number of anilines is 1. The minimum absolute atomic E-state index is 0.311. The van der Waals surface area contributed by atoms with Gasteiger partial charge in [0.15, 0.2) is 0 Å². The summed E-state index contributed by atoms with van der Waals surface area (Å²) in [4.78, 5) is 2.63. The molecule has 3 nitrogen and oxygen atoms in total. The first-order valence-electron chi connectivity index (χ1n) is 8.01. The van der Waals surface area contributed by atoms with Crippen molar-refractivity contribution < 1.29 is 4.74 Å². The Morgan fingerprint density at radius 2 is 1.85 bits per heavy atom. The van der Waals surface area contributed by atoms with Crippen LogP contribution in [0.5, 0.6) is 5.75 Å². The predicted molar refractivity (Wildman–Crippen MR) is 83.1 cm³/mol. The molecule has 0 radical (unpaired) electrons. The summed E-state index contributed by atoms with van der Waals surface area (Å²) in [6, 6.07) is 6.66. The summed E-state index contributed by atoms with van der Waals surface area (Å²) in [5.41, 5.74) is 8.04. The lowest BCUT2D eigenvalue weighted by Crippen LogP contribution is -2.46. The van der Waals surface area contributed by atoms with Crippen molar-refractivity contribution in [1.82, 2.24) is 4.90 Å². The van der Waals surface area contributed by atoms with Crippen molar-refractivity contribution in [2.24, 2.45) is 0 Å². The van der Waals surface area contributed by atoms with E-state index in [0.717, 1.165) is 17.9 Å². The van der Waals surface area contributed by atoms with Crippen molar-refractivity contribution in [1.29, 1.82) is 0 Å². The van der Waals surface area contributed by atoms with Crippen LogP contribution < -0.4 is 10.5 Å².